The van der Waals surface area contributed by atoms with Crippen LogP contribution in [0.15, 0.2) is 42.5 Å². The molecule has 4 aliphatic heterocycles. The predicted molar refractivity (Wildman–Crippen MR) is 144 cm³/mol. The number of thioether (sulfide) groups is 1. The Hall–Kier alpha value is -2.29. The lowest BCUT2D eigenvalue weighted by Crippen LogP contribution is -2.58. The Morgan fingerprint density at radius 3 is 2.62 bits per heavy atom. The topological polar surface area (TPSA) is 87.2 Å². The highest BCUT2D eigenvalue weighted by Gasteiger charge is 2.74. The van der Waals surface area contributed by atoms with E-state index in [-0.39, 0.29) is 37.5 Å². The third-order valence-corrected chi connectivity index (χ3v) is 10.7. The molecule has 1 aromatic carbocycles. The maximum atomic E-state index is 14.6. The number of rotatable bonds is 5. The van der Waals surface area contributed by atoms with Gasteiger partial charge in [-0.05, 0) is 37.5 Å². The van der Waals surface area contributed by atoms with Crippen molar-refractivity contribution in [3.63, 3.8) is 0 Å². The number of hydrogen-bond acceptors (Lipinski definition) is 6. The number of aliphatic hydroxyl groups excluding tert-OH is 1. The number of aliphatic hydroxyl groups is 1. The highest BCUT2D eigenvalue weighted by atomic mass is 35.5. The predicted octanol–water partition coefficient (Wildman–Crippen LogP) is 3.76. The number of fused-ring (bicyclic) bond motifs is 2. The number of ether oxygens (including phenoxy) is 1. The van der Waals surface area contributed by atoms with E-state index in [1.807, 2.05) is 64.1 Å². The lowest BCUT2D eigenvalue weighted by molar-refractivity contribution is -0.153. The number of hydrogen-bond donors (Lipinski definition) is 1. The number of likely N-dealkylation sites (tertiary alicyclic amines) is 1. The van der Waals surface area contributed by atoms with E-state index in [9.17, 15) is 19.5 Å². The summed E-state index contributed by atoms with van der Waals surface area (Å²) >= 11 is 8.10. The Morgan fingerprint density at radius 1 is 1.19 bits per heavy atom. The molecule has 198 valence electrons. The minimum atomic E-state index is -1.00. The largest absolute Gasteiger partial charge is 0.461 e. The van der Waals surface area contributed by atoms with Gasteiger partial charge in [0.05, 0.1) is 39.9 Å². The van der Waals surface area contributed by atoms with Crippen molar-refractivity contribution in [2.45, 2.75) is 55.7 Å². The Labute approximate surface area is 226 Å². The van der Waals surface area contributed by atoms with Crippen molar-refractivity contribution in [1.82, 2.24) is 4.90 Å². The van der Waals surface area contributed by atoms with Crippen LogP contribution in [0.1, 0.15) is 32.8 Å². The fraction of sp³-hybridized carbons (Fsp3) is 0.536. The average Bonchev–Trinajstić information content (AvgIpc) is 3.11. The van der Waals surface area contributed by atoms with Crippen LogP contribution in [0.3, 0.4) is 0 Å². The minimum absolute atomic E-state index is 0.0577. The van der Waals surface area contributed by atoms with Crippen molar-refractivity contribution in [2.24, 2.45) is 17.8 Å². The number of halogens is 1. The van der Waals surface area contributed by atoms with E-state index in [0.29, 0.717) is 10.7 Å². The SMILES string of the molecule is CC[C@H](C)[C@H](CO)N1C(=O)[C@@H]2[C@@H]3C(=O)OCC=C[C@]3(C)S[C@@]23C=CCN(c2c(C)cccc2Cl)C(=O)C13. The summed E-state index contributed by atoms with van der Waals surface area (Å²) in [7, 11) is 0. The van der Waals surface area contributed by atoms with Crippen molar-refractivity contribution in [2.75, 3.05) is 24.7 Å². The molecular weight excluding hydrogens is 512 g/mol. The lowest BCUT2D eigenvalue weighted by atomic mass is 9.75. The van der Waals surface area contributed by atoms with Crippen molar-refractivity contribution in [3.05, 3.63) is 53.1 Å². The molecule has 4 heterocycles. The molecule has 2 amide bonds. The monoisotopic (exact) mass is 544 g/mol. The second kappa shape index (κ2) is 9.47. The zero-order valence-corrected chi connectivity index (χ0v) is 23.1. The number of cyclic esters (lactones) is 1. The first-order chi connectivity index (χ1) is 17.6. The molecule has 0 saturated carbocycles. The Bertz CT molecular complexity index is 1180. The van der Waals surface area contributed by atoms with Gasteiger partial charge in [-0.2, -0.15) is 0 Å². The van der Waals surface area contributed by atoms with E-state index < -0.39 is 39.4 Å². The molecule has 2 fully saturated rings. The quantitative estimate of drug-likeness (QED) is 0.449. The number of benzene rings is 1. The third kappa shape index (κ3) is 3.78. The van der Waals surface area contributed by atoms with Crippen LogP contribution in [0.25, 0.3) is 0 Å². The number of para-hydroxylation sites is 1. The normalized spacial score (nSPS) is 34.4. The number of esters is 1. The van der Waals surface area contributed by atoms with Crippen molar-refractivity contribution < 1.29 is 24.2 Å². The van der Waals surface area contributed by atoms with Crippen LogP contribution in [-0.4, -0.2) is 69.1 Å². The smallest absolute Gasteiger partial charge is 0.311 e. The molecule has 1 unspecified atom stereocenters. The third-order valence-electron chi connectivity index (χ3n) is 8.55. The van der Waals surface area contributed by atoms with Gasteiger partial charge in [0, 0.05) is 11.3 Å². The van der Waals surface area contributed by atoms with E-state index in [1.54, 1.807) is 15.9 Å². The van der Waals surface area contributed by atoms with E-state index in [1.165, 1.54) is 11.8 Å². The number of carbonyl (C=O) groups is 3. The summed E-state index contributed by atoms with van der Waals surface area (Å²) in [6.45, 7) is 7.99. The van der Waals surface area contributed by atoms with Gasteiger partial charge in [0.1, 0.15) is 12.6 Å². The molecular formula is C28H33ClN2O5S. The lowest BCUT2D eigenvalue weighted by Gasteiger charge is -2.41. The summed E-state index contributed by atoms with van der Waals surface area (Å²) in [6, 6.07) is 4.01. The van der Waals surface area contributed by atoms with Crippen molar-refractivity contribution >= 4 is 46.8 Å². The fourth-order valence-corrected chi connectivity index (χ4v) is 9.10. The van der Waals surface area contributed by atoms with E-state index >= 15 is 0 Å². The highest BCUT2D eigenvalue weighted by molar-refractivity contribution is 8.02. The Balaban J connectivity index is 1.72. The van der Waals surface area contributed by atoms with Gasteiger partial charge in [0.25, 0.3) is 5.91 Å². The molecule has 0 radical (unpaired) electrons. The van der Waals surface area contributed by atoms with Gasteiger partial charge in [-0.3, -0.25) is 14.4 Å². The molecule has 37 heavy (non-hydrogen) atoms. The minimum Gasteiger partial charge on any atom is -0.461 e. The number of amides is 2. The summed E-state index contributed by atoms with van der Waals surface area (Å²) < 4.78 is 3.77. The number of aryl methyl sites for hydroxylation is 1. The molecule has 0 aromatic heterocycles. The standard InChI is InChI=1S/C28H33ClN2O5S/c1-5-16(2)19(15-32)31-23-25(34)30(22-17(3)9-6-10-18(22)29)13-7-12-28(23)20(24(31)33)21-26(35)36-14-8-11-27(21,4)37-28/h6-12,16,19-21,23,32H,5,13-15H2,1-4H3/t16-,19-,20-,21+,23?,27-,28-/m0/s1. The van der Waals surface area contributed by atoms with E-state index in [2.05, 4.69) is 0 Å². The maximum absolute atomic E-state index is 14.6. The summed E-state index contributed by atoms with van der Waals surface area (Å²) in [5, 5.41) is 10.9. The van der Waals surface area contributed by atoms with Gasteiger partial charge >= 0.3 is 5.97 Å². The van der Waals surface area contributed by atoms with Crippen molar-refractivity contribution in [3.8, 4) is 0 Å². The van der Waals surface area contributed by atoms with Crippen LogP contribution >= 0.6 is 23.4 Å². The first-order valence-electron chi connectivity index (χ1n) is 12.8. The average molecular weight is 545 g/mol. The van der Waals surface area contributed by atoms with Crippen LogP contribution in [0.5, 0.6) is 0 Å². The first-order valence-corrected chi connectivity index (χ1v) is 14.0. The van der Waals surface area contributed by atoms with Gasteiger partial charge in [-0.15, -0.1) is 11.8 Å². The first kappa shape index (κ1) is 26.3. The fourth-order valence-electron chi connectivity index (χ4n) is 6.63. The molecule has 9 heteroatoms. The van der Waals surface area contributed by atoms with E-state index in [0.717, 1.165) is 12.0 Å². The van der Waals surface area contributed by atoms with Gasteiger partial charge in [-0.25, -0.2) is 0 Å². The molecule has 7 nitrogen and oxygen atoms in total. The summed E-state index contributed by atoms with van der Waals surface area (Å²) in [5.74, 6) is -2.58. The van der Waals surface area contributed by atoms with Gasteiger partial charge in [0.15, 0.2) is 0 Å². The molecule has 7 atom stereocenters. The molecule has 2 saturated heterocycles. The maximum Gasteiger partial charge on any atom is 0.311 e. The highest BCUT2D eigenvalue weighted by Crippen LogP contribution is 2.66. The van der Waals surface area contributed by atoms with Gasteiger partial charge < -0.3 is 19.6 Å². The molecule has 0 aliphatic carbocycles. The summed E-state index contributed by atoms with van der Waals surface area (Å²) in [5.41, 5.74) is 1.46. The number of anilines is 1. The Kier molecular flexibility index (Phi) is 6.74. The molecule has 1 aromatic rings. The molecule has 4 aliphatic rings. The van der Waals surface area contributed by atoms with Crippen LogP contribution in [0.4, 0.5) is 5.69 Å². The molecule has 5 rings (SSSR count). The number of carbonyl (C=O) groups excluding carboxylic acids is 3. The van der Waals surface area contributed by atoms with Gasteiger partial charge in [-0.1, -0.05) is 62.2 Å². The van der Waals surface area contributed by atoms with Crippen LogP contribution < -0.4 is 4.90 Å². The summed E-state index contributed by atoms with van der Waals surface area (Å²) in [6.07, 6.45) is 8.36. The second-order valence-corrected chi connectivity index (χ2v) is 12.9. The van der Waals surface area contributed by atoms with Crippen LogP contribution in [0, 0.1) is 24.7 Å². The molecule has 1 N–H and O–H groups in total. The van der Waals surface area contributed by atoms with Crippen LogP contribution in [0.2, 0.25) is 5.02 Å². The second-order valence-electron chi connectivity index (χ2n) is 10.7. The molecule has 0 bridgehead atoms. The number of nitrogens with zero attached hydrogens (tertiary/aromatic N) is 2. The van der Waals surface area contributed by atoms with Crippen LogP contribution in [-0.2, 0) is 19.1 Å². The zero-order chi connectivity index (χ0) is 26.7. The van der Waals surface area contributed by atoms with Crippen molar-refractivity contribution in [1.29, 1.82) is 0 Å². The molecule has 1 spiro atoms. The van der Waals surface area contributed by atoms with E-state index in [4.69, 9.17) is 16.3 Å². The summed E-state index contributed by atoms with van der Waals surface area (Å²) in [4.78, 5) is 45.6. The Morgan fingerprint density at radius 2 is 1.95 bits per heavy atom. The van der Waals surface area contributed by atoms with Gasteiger partial charge in [0.2, 0.25) is 5.91 Å². The zero-order valence-electron chi connectivity index (χ0n) is 21.5.